The van der Waals surface area contributed by atoms with Crippen LogP contribution in [-0.2, 0) is 0 Å². The quantitative estimate of drug-likeness (QED) is 0.704. The number of aromatic amines is 1. The number of fused-ring (bicyclic) bond motifs is 1. The third-order valence-corrected chi connectivity index (χ3v) is 5.56. The standard InChI is InChI=1S/C21H25N3O4/c1-14(20(25)15-7-8-16-19(13-15)28-21(26)22-16)23-9-11-24(12-10-23)17-5-3-4-6-18(17)27-2/h3-8,13-14,20,25H,9-12H2,1-2H3,(H,22,26)/t14-,20+/m1/s1. The Kier molecular flexibility index (Phi) is 5.11. The van der Waals surface area contributed by atoms with E-state index in [-0.39, 0.29) is 6.04 Å². The van der Waals surface area contributed by atoms with Gasteiger partial charge in [-0.1, -0.05) is 18.2 Å². The maximum atomic E-state index is 11.3. The minimum Gasteiger partial charge on any atom is -0.495 e. The highest BCUT2D eigenvalue weighted by Crippen LogP contribution is 2.30. The molecule has 3 aromatic rings. The van der Waals surface area contributed by atoms with E-state index in [9.17, 15) is 9.90 Å². The SMILES string of the molecule is COc1ccccc1N1CCN([C@H](C)[C@H](O)c2ccc3[nH]c(=O)oc3c2)CC1. The molecule has 0 saturated carbocycles. The molecule has 148 valence electrons. The number of aliphatic hydroxyl groups excluding tert-OH is 1. The monoisotopic (exact) mass is 383 g/mol. The fraction of sp³-hybridized carbons (Fsp3) is 0.381. The summed E-state index contributed by atoms with van der Waals surface area (Å²) in [4.78, 5) is 18.6. The molecule has 2 heterocycles. The average Bonchev–Trinajstić information content (AvgIpc) is 3.12. The molecule has 1 fully saturated rings. The second-order valence-corrected chi connectivity index (χ2v) is 7.15. The zero-order chi connectivity index (χ0) is 19.7. The average molecular weight is 383 g/mol. The molecule has 0 unspecified atom stereocenters. The summed E-state index contributed by atoms with van der Waals surface area (Å²) in [6.07, 6.45) is -0.664. The van der Waals surface area contributed by atoms with Gasteiger partial charge in [0.25, 0.3) is 0 Å². The molecule has 7 nitrogen and oxygen atoms in total. The molecule has 0 bridgehead atoms. The normalized spacial score (nSPS) is 17.6. The summed E-state index contributed by atoms with van der Waals surface area (Å²) in [5, 5.41) is 10.9. The van der Waals surface area contributed by atoms with E-state index in [4.69, 9.17) is 9.15 Å². The number of ether oxygens (including phenoxy) is 1. The number of H-pyrrole nitrogens is 1. The molecular formula is C21H25N3O4. The Morgan fingerprint density at radius 1 is 1.14 bits per heavy atom. The van der Waals surface area contributed by atoms with Gasteiger partial charge in [-0.3, -0.25) is 9.88 Å². The van der Waals surface area contributed by atoms with Gasteiger partial charge in [0, 0.05) is 32.2 Å². The number of para-hydroxylation sites is 2. The maximum Gasteiger partial charge on any atom is 0.417 e. The van der Waals surface area contributed by atoms with Crippen molar-refractivity contribution >= 4 is 16.8 Å². The Morgan fingerprint density at radius 3 is 2.64 bits per heavy atom. The van der Waals surface area contributed by atoms with Gasteiger partial charge in [-0.25, -0.2) is 4.79 Å². The van der Waals surface area contributed by atoms with Crippen molar-refractivity contribution in [2.75, 3.05) is 38.2 Å². The molecule has 0 radical (unpaired) electrons. The molecule has 0 amide bonds. The summed E-state index contributed by atoms with van der Waals surface area (Å²) in [6.45, 7) is 5.45. The number of hydrogen-bond acceptors (Lipinski definition) is 6. The lowest BCUT2D eigenvalue weighted by molar-refractivity contribution is 0.0545. The molecule has 2 atom stereocenters. The van der Waals surface area contributed by atoms with Crippen molar-refractivity contribution in [2.45, 2.75) is 19.1 Å². The van der Waals surface area contributed by atoms with Crippen molar-refractivity contribution in [3.63, 3.8) is 0 Å². The van der Waals surface area contributed by atoms with Crippen LogP contribution in [0.1, 0.15) is 18.6 Å². The maximum absolute atomic E-state index is 11.3. The van der Waals surface area contributed by atoms with Gasteiger partial charge in [0.1, 0.15) is 5.75 Å². The topological polar surface area (TPSA) is 81.9 Å². The van der Waals surface area contributed by atoms with Crippen LogP contribution >= 0.6 is 0 Å². The lowest BCUT2D eigenvalue weighted by Gasteiger charge is -2.40. The van der Waals surface area contributed by atoms with Gasteiger partial charge in [-0.2, -0.15) is 0 Å². The van der Waals surface area contributed by atoms with Crippen LogP contribution in [0.4, 0.5) is 5.69 Å². The Hall–Kier alpha value is -2.77. The second-order valence-electron chi connectivity index (χ2n) is 7.15. The van der Waals surface area contributed by atoms with Gasteiger partial charge in [0.2, 0.25) is 0 Å². The van der Waals surface area contributed by atoms with Crippen LogP contribution in [0.5, 0.6) is 5.75 Å². The van der Waals surface area contributed by atoms with Crippen LogP contribution in [-0.4, -0.2) is 54.3 Å². The number of hydrogen-bond donors (Lipinski definition) is 2. The number of aromatic nitrogens is 1. The van der Waals surface area contributed by atoms with Gasteiger partial charge in [0.05, 0.1) is 24.4 Å². The van der Waals surface area contributed by atoms with E-state index < -0.39 is 11.9 Å². The Morgan fingerprint density at radius 2 is 1.89 bits per heavy atom. The third-order valence-electron chi connectivity index (χ3n) is 5.56. The number of anilines is 1. The lowest BCUT2D eigenvalue weighted by Crippen LogP contribution is -2.51. The molecule has 1 saturated heterocycles. The number of oxazole rings is 1. The number of aliphatic hydroxyl groups is 1. The predicted molar refractivity (Wildman–Crippen MR) is 108 cm³/mol. The molecule has 1 aliphatic heterocycles. The van der Waals surface area contributed by atoms with Crippen molar-refractivity contribution in [3.8, 4) is 5.75 Å². The summed E-state index contributed by atoms with van der Waals surface area (Å²) >= 11 is 0. The minimum absolute atomic E-state index is 0.0528. The Balaban J connectivity index is 1.44. The molecule has 4 rings (SSSR count). The van der Waals surface area contributed by atoms with Crippen LogP contribution in [0.25, 0.3) is 11.1 Å². The van der Waals surface area contributed by atoms with Crippen molar-refractivity contribution in [1.29, 1.82) is 0 Å². The number of methoxy groups -OCH3 is 1. The molecule has 1 aliphatic rings. The largest absolute Gasteiger partial charge is 0.495 e. The van der Waals surface area contributed by atoms with E-state index >= 15 is 0 Å². The molecule has 1 aromatic heterocycles. The van der Waals surface area contributed by atoms with Gasteiger partial charge in [-0.05, 0) is 36.8 Å². The number of piperazine rings is 1. The van der Waals surface area contributed by atoms with E-state index in [0.29, 0.717) is 11.1 Å². The summed E-state index contributed by atoms with van der Waals surface area (Å²) in [5.74, 6) is 0.396. The highest BCUT2D eigenvalue weighted by Gasteiger charge is 2.27. The van der Waals surface area contributed by atoms with Gasteiger partial charge >= 0.3 is 5.76 Å². The van der Waals surface area contributed by atoms with E-state index in [1.54, 1.807) is 19.2 Å². The highest BCUT2D eigenvalue weighted by atomic mass is 16.5. The molecule has 0 aliphatic carbocycles. The first-order valence-electron chi connectivity index (χ1n) is 9.49. The molecular weight excluding hydrogens is 358 g/mol. The van der Waals surface area contributed by atoms with Crippen molar-refractivity contribution in [1.82, 2.24) is 9.88 Å². The first-order chi connectivity index (χ1) is 13.6. The predicted octanol–water partition coefficient (Wildman–Crippen LogP) is 2.37. The number of nitrogens with one attached hydrogen (secondary N) is 1. The number of rotatable bonds is 5. The van der Waals surface area contributed by atoms with Crippen LogP contribution in [0.3, 0.4) is 0 Å². The summed E-state index contributed by atoms with van der Waals surface area (Å²) in [7, 11) is 1.69. The second kappa shape index (κ2) is 7.69. The zero-order valence-corrected chi connectivity index (χ0v) is 16.1. The fourth-order valence-corrected chi connectivity index (χ4v) is 3.89. The molecule has 0 spiro atoms. The van der Waals surface area contributed by atoms with Crippen LogP contribution in [0.15, 0.2) is 51.7 Å². The number of benzene rings is 2. The summed E-state index contributed by atoms with van der Waals surface area (Å²) in [6, 6.07) is 13.3. The molecule has 7 heteroatoms. The molecule has 2 aromatic carbocycles. The summed E-state index contributed by atoms with van der Waals surface area (Å²) in [5.41, 5.74) is 2.95. The first kappa shape index (κ1) is 18.6. The van der Waals surface area contributed by atoms with Crippen LogP contribution < -0.4 is 15.4 Å². The third kappa shape index (κ3) is 3.50. The van der Waals surface area contributed by atoms with E-state index in [1.165, 1.54) is 0 Å². The number of nitrogens with zero attached hydrogens (tertiary/aromatic N) is 2. The Labute approximate surface area is 163 Å². The highest BCUT2D eigenvalue weighted by molar-refractivity contribution is 5.72. The van der Waals surface area contributed by atoms with E-state index in [2.05, 4.69) is 20.9 Å². The zero-order valence-electron chi connectivity index (χ0n) is 16.1. The first-order valence-corrected chi connectivity index (χ1v) is 9.49. The fourth-order valence-electron chi connectivity index (χ4n) is 3.89. The van der Waals surface area contributed by atoms with E-state index in [1.807, 2.05) is 31.2 Å². The smallest absolute Gasteiger partial charge is 0.417 e. The van der Waals surface area contributed by atoms with Crippen molar-refractivity contribution in [3.05, 3.63) is 58.6 Å². The van der Waals surface area contributed by atoms with Gasteiger partial charge in [0.15, 0.2) is 5.58 Å². The minimum atomic E-state index is -0.664. The molecule has 28 heavy (non-hydrogen) atoms. The van der Waals surface area contributed by atoms with Gasteiger partial charge in [-0.15, -0.1) is 0 Å². The van der Waals surface area contributed by atoms with Gasteiger partial charge < -0.3 is 19.2 Å². The summed E-state index contributed by atoms with van der Waals surface area (Å²) < 4.78 is 10.6. The molecule has 2 N–H and O–H groups in total. The van der Waals surface area contributed by atoms with E-state index in [0.717, 1.165) is 43.2 Å². The van der Waals surface area contributed by atoms with Crippen LogP contribution in [0, 0.1) is 0 Å². The van der Waals surface area contributed by atoms with Crippen molar-refractivity contribution < 1.29 is 14.3 Å². The van der Waals surface area contributed by atoms with Crippen molar-refractivity contribution in [2.24, 2.45) is 0 Å². The van der Waals surface area contributed by atoms with Crippen LogP contribution in [0.2, 0.25) is 0 Å². The lowest BCUT2D eigenvalue weighted by atomic mass is 10.0. The Bertz CT molecular complexity index is 1000.